The van der Waals surface area contributed by atoms with E-state index in [1.165, 1.54) is 0 Å². The first-order chi connectivity index (χ1) is 9.06. The molecule has 2 N–H and O–H groups in total. The fourth-order valence-electron chi connectivity index (χ4n) is 2.30. The standard InChI is InChI=1S/C15H19ClN2O.ClH/c1-11(12-4-2-5-13(16)9-12)8-15(19)18-7-3-6-14(17)10-18;/h2,4-5,8-9,14H,3,6-7,10,17H2,1H3;1H/b11-8+;. The maximum atomic E-state index is 12.2. The molecule has 110 valence electrons. The minimum Gasteiger partial charge on any atom is -0.338 e. The number of hydrogen-bond donors (Lipinski definition) is 1. The van der Waals surface area contributed by atoms with E-state index in [4.69, 9.17) is 17.3 Å². The topological polar surface area (TPSA) is 46.3 Å². The molecule has 1 heterocycles. The second-order valence-electron chi connectivity index (χ2n) is 5.02. The fraction of sp³-hybridized carbons (Fsp3) is 0.400. The largest absolute Gasteiger partial charge is 0.338 e. The molecule has 0 saturated carbocycles. The van der Waals surface area contributed by atoms with Crippen molar-refractivity contribution in [2.75, 3.05) is 13.1 Å². The van der Waals surface area contributed by atoms with E-state index < -0.39 is 0 Å². The number of benzene rings is 1. The van der Waals surface area contributed by atoms with E-state index in [0.29, 0.717) is 11.6 Å². The van der Waals surface area contributed by atoms with Gasteiger partial charge in [0.2, 0.25) is 5.91 Å². The third-order valence-corrected chi connectivity index (χ3v) is 3.62. The summed E-state index contributed by atoms with van der Waals surface area (Å²) in [4.78, 5) is 14.0. The van der Waals surface area contributed by atoms with Crippen molar-refractivity contribution in [3.8, 4) is 0 Å². The molecule has 0 bridgehead atoms. The zero-order chi connectivity index (χ0) is 13.8. The summed E-state index contributed by atoms with van der Waals surface area (Å²) in [6.45, 7) is 3.37. The Bertz CT molecular complexity index is 502. The highest BCUT2D eigenvalue weighted by atomic mass is 35.5. The van der Waals surface area contributed by atoms with Crippen molar-refractivity contribution in [2.24, 2.45) is 5.73 Å². The van der Waals surface area contributed by atoms with Gasteiger partial charge in [0.05, 0.1) is 0 Å². The van der Waals surface area contributed by atoms with Gasteiger partial charge < -0.3 is 10.6 Å². The molecule has 20 heavy (non-hydrogen) atoms. The number of allylic oxidation sites excluding steroid dienone is 1. The van der Waals surface area contributed by atoms with E-state index in [2.05, 4.69) is 0 Å². The zero-order valence-corrected chi connectivity index (χ0v) is 13.1. The number of piperidine rings is 1. The van der Waals surface area contributed by atoms with Crippen LogP contribution >= 0.6 is 24.0 Å². The lowest BCUT2D eigenvalue weighted by molar-refractivity contribution is -0.127. The lowest BCUT2D eigenvalue weighted by Crippen LogP contribution is -2.45. The Morgan fingerprint density at radius 2 is 2.25 bits per heavy atom. The molecule has 5 heteroatoms. The van der Waals surface area contributed by atoms with Gasteiger partial charge in [0.1, 0.15) is 0 Å². The van der Waals surface area contributed by atoms with Crippen LogP contribution in [0.1, 0.15) is 25.3 Å². The summed E-state index contributed by atoms with van der Waals surface area (Å²) < 4.78 is 0. The van der Waals surface area contributed by atoms with Gasteiger partial charge in [0.25, 0.3) is 0 Å². The number of nitrogens with two attached hydrogens (primary N) is 1. The monoisotopic (exact) mass is 314 g/mol. The minimum absolute atomic E-state index is 0. The molecule has 0 radical (unpaired) electrons. The van der Waals surface area contributed by atoms with E-state index in [9.17, 15) is 4.79 Å². The summed E-state index contributed by atoms with van der Waals surface area (Å²) in [5, 5.41) is 0.678. The van der Waals surface area contributed by atoms with Crippen LogP contribution in [0.5, 0.6) is 0 Å². The summed E-state index contributed by atoms with van der Waals surface area (Å²) in [5.74, 6) is 0.0348. The highest BCUT2D eigenvalue weighted by molar-refractivity contribution is 6.30. The smallest absolute Gasteiger partial charge is 0.246 e. The van der Waals surface area contributed by atoms with Crippen LogP contribution in [-0.4, -0.2) is 29.9 Å². The van der Waals surface area contributed by atoms with Crippen molar-refractivity contribution in [2.45, 2.75) is 25.8 Å². The number of nitrogens with zero attached hydrogens (tertiary/aromatic N) is 1. The van der Waals surface area contributed by atoms with Crippen molar-refractivity contribution in [3.63, 3.8) is 0 Å². The molecule has 1 amide bonds. The molecule has 0 aliphatic carbocycles. The molecule has 0 aromatic heterocycles. The summed E-state index contributed by atoms with van der Waals surface area (Å²) >= 11 is 5.95. The van der Waals surface area contributed by atoms with Gasteiger partial charge in [0, 0.05) is 30.2 Å². The molecule has 1 unspecified atom stereocenters. The van der Waals surface area contributed by atoms with Crippen LogP contribution in [0.3, 0.4) is 0 Å². The molecule has 1 aromatic rings. The van der Waals surface area contributed by atoms with Crippen LogP contribution in [0.2, 0.25) is 5.02 Å². The molecule has 3 nitrogen and oxygen atoms in total. The third kappa shape index (κ3) is 4.51. The van der Waals surface area contributed by atoms with Crippen molar-refractivity contribution in [3.05, 3.63) is 40.9 Å². The summed E-state index contributed by atoms with van der Waals surface area (Å²) in [7, 11) is 0. The van der Waals surface area contributed by atoms with Crippen LogP contribution < -0.4 is 5.73 Å². The maximum Gasteiger partial charge on any atom is 0.246 e. The van der Waals surface area contributed by atoms with Gasteiger partial charge in [-0.2, -0.15) is 0 Å². The number of halogens is 2. The van der Waals surface area contributed by atoms with Crippen molar-refractivity contribution in [1.29, 1.82) is 0 Å². The first-order valence-corrected chi connectivity index (χ1v) is 6.93. The van der Waals surface area contributed by atoms with Gasteiger partial charge >= 0.3 is 0 Å². The molecular formula is C15H20Cl2N2O. The predicted octanol–water partition coefficient (Wildman–Crippen LogP) is 3.11. The number of rotatable bonds is 2. The Labute approximate surface area is 131 Å². The van der Waals surface area contributed by atoms with E-state index >= 15 is 0 Å². The average Bonchev–Trinajstić information content (AvgIpc) is 2.38. The number of hydrogen-bond acceptors (Lipinski definition) is 2. The van der Waals surface area contributed by atoms with Gasteiger partial charge in [0.15, 0.2) is 0 Å². The first-order valence-electron chi connectivity index (χ1n) is 6.55. The Balaban J connectivity index is 0.00000200. The van der Waals surface area contributed by atoms with Crippen LogP contribution in [0.25, 0.3) is 5.57 Å². The van der Waals surface area contributed by atoms with Gasteiger partial charge in [-0.3, -0.25) is 4.79 Å². The Hall–Kier alpha value is -1.03. The quantitative estimate of drug-likeness (QED) is 0.852. The molecule has 1 aliphatic rings. The lowest BCUT2D eigenvalue weighted by Gasteiger charge is -2.30. The summed E-state index contributed by atoms with van der Waals surface area (Å²) in [6, 6.07) is 7.63. The second-order valence-corrected chi connectivity index (χ2v) is 5.46. The molecule has 1 saturated heterocycles. The maximum absolute atomic E-state index is 12.2. The normalized spacial score (nSPS) is 19.4. The minimum atomic E-state index is 0. The van der Waals surface area contributed by atoms with Crippen LogP contribution in [-0.2, 0) is 4.79 Å². The van der Waals surface area contributed by atoms with Crippen molar-refractivity contribution >= 4 is 35.5 Å². The van der Waals surface area contributed by atoms with Gasteiger partial charge in [-0.05, 0) is 43.0 Å². The Morgan fingerprint density at radius 3 is 2.90 bits per heavy atom. The predicted molar refractivity (Wildman–Crippen MR) is 86.1 cm³/mol. The van der Waals surface area contributed by atoms with Crippen LogP contribution in [0.4, 0.5) is 0 Å². The lowest BCUT2D eigenvalue weighted by atomic mass is 10.0. The molecule has 2 rings (SSSR count). The summed E-state index contributed by atoms with van der Waals surface area (Å²) in [6.07, 6.45) is 3.65. The van der Waals surface area contributed by atoms with Gasteiger partial charge in [-0.15, -0.1) is 12.4 Å². The molecular weight excluding hydrogens is 295 g/mol. The van der Waals surface area contributed by atoms with Gasteiger partial charge in [-0.1, -0.05) is 23.7 Å². The van der Waals surface area contributed by atoms with Crippen molar-refractivity contribution in [1.82, 2.24) is 4.90 Å². The zero-order valence-electron chi connectivity index (χ0n) is 11.5. The van der Waals surface area contributed by atoms with E-state index in [0.717, 1.165) is 30.5 Å². The van der Waals surface area contributed by atoms with Gasteiger partial charge in [-0.25, -0.2) is 0 Å². The Morgan fingerprint density at radius 1 is 1.50 bits per heavy atom. The van der Waals surface area contributed by atoms with E-state index in [1.54, 1.807) is 6.08 Å². The molecule has 1 aliphatic heterocycles. The number of carbonyl (C=O) groups excluding carboxylic acids is 1. The van der Waals surface area contributed by atoms with E-state index in [1.807, 2.05) is 36.1 Å². The number of amides is 1. The van der Waals surface area contributed by atoms with Crippen LogP contribution in [0, 0.1) is 0 Å². The highest BCUT2D eigenvalue weighted by Crippen LogP contribution is 2.19. The van der Waals surface area contributed by atoms with Crippen LogP contribution in [0.15, 0.2) is 30.3 Å². The fourth-order valence-corrected chi connectivity index (χ4v) is 2.49. The second kappa shape index (κ2) is 7.67. The third-order valence-electron chi connectivity index (χ3n) is 3.39. The Kier molecular flexibility index (Phi) is 6.53. The van der Waals surface area contributed by atoms with E-state index in [-0.39, 0.29) is 24.4 Å². The molecule has 1 fully saturated rings. The number of likely N-dealkylation sites (tertiary alicyclic amines) is 1. The number of carbonyl (C=O) groups is 1. The summed E-state index contributed by atoms with van der Waals surface area (Å²) in [5.41, 5.74) is 7.79. The molecule has 0 spiro atoms. The SMILES string of the molecule is C/C(=C\C(=O)N1CCCC(N)C1)c1cccc(Cl)c1.Cl. The highest BCUT2D eigenvalue weighted by Gasteiger charge is 2.19. The molecule has 1 aromatic carbocycles. The first kappa shape index (κ1) is 17.0. The molecule has 1 atom stereocenters. The van der Waals surface area contributed by atoms with Crippen molar-refractivity contribution < 1.29 is 4.79 Å². The average molecular weight is 315 g/mol.